The molecule has 0 rings (SSSR count). The van der Waals surface area contributed by atoms with Crippen molar-refractivity contribution in [2.24, 2.45) is 10.6 Å². The summed E-state index contributed by atoms with van der Waals surface area (Å²) in [4.78, 5) is 15.5. The number of hydrogen-bond donors (Lipinski definition) is 1. The lowest BCUT2D eigenvalue weighted by molar-refractivity contribution is 0.152. The molecular weight excluding hydrogens is 212 g/mol. The van der Waals surface area contributed by atoms with Crippen LogP contribution in [0.5, 0.6) is 0 Å². The van der Waals surface area contributed by atoms with Gasteiger partial charge in [0.25, 0.3) is 0 Å². The maximum atomic E-state index is 10.8. The monoisotopic (exact) mass is 232 g/mol. The quantitative estimate of drug-likeness (QED) is 0.460. The highest BCUT2D eigenvalue weighted by Crippen LogP contribution is 2.20. The fourth-order valence-corrected chi connectivity index (χ4v) is 1.53. The van der Waals surface area contributed by atoms with Crippen LogP contribution in [0.4, 0.5) is 4.79 Å². The Morgan fingerprint density at radius 2 is 2.07 bits per heavy atom. The zero-order chi connectivity index (χ0) is 11.9. The Labute approximate surface area is 95.8 Å². The van der Waals surface area contributed by atoms with Crippen molar-refractivity contribution in [1.82, 2.24) is 5.32 Å². The summed E-state index contributed by atoms with van der Waals surface area (Å²) >= 11 is 1.67. The van der Waals surface area contributed by atoms with Crippen molar-refractivity contribution in [3.8, 4) is 0 Å². The average Bonchev–Trinajstić information content (AvgIpc) is 2.11. The molecule has 0 fully saturated rings. The number of nitrogens with zero attached hydrogens (tertiary/aromatic N) is 1. The van der Waals surface area contributed by atoms with E-state index >= 15 is 0 Å². The van der Waals surface area contributed by atoms with Gasteiger partial charge in [-0.25, -0.2) is 4.79 Å². The van der Waals surface area contributed by atoms with Crippen LogP contribution in [-0.2, 0) is 4.84 Å². The van der Waals surface area contributed by atoms with Crippen molar-refractivity contribution in [1.29, 1.82) is 0 Å². The molecule has 0 aromatic carbocycles. The van der Waals surface area contributed by atoms with E-state index < -0.39 is 6.09 Å². The van der Waals surface area contributed by atoms with Gasteiger partial charge in [-0.1, -0.05) is 25.9 Å². The lowest BCUT2D eigenvalue weighted by atomic mass is 9.90. The molecule has 0 aromatic heterocycles. The number of oxime groups is 1. The van der Waals surface area contributed by atoms with E-state index in [1.54, 1.807) is 11.8 Å². The number of rotatable bonds is 4. The molecule has 0 aromatic rings. The van der Waals surface area contributed by atoms with Crippen LogP contribution in [0.1, 0.15) is 27.2 Å². The normalized spacial score (nSPS) is 12.5. The predicted octanol–water partition coefficient (Wildman–Crippen LogP) is 2.50. The van der Waals surface area contributed by atoms with E-state index in [4.69, 9.17) is 0 Å². The average molecular weight is 232 g/mol. The molecule has 15 heavy (non-hydrogen) atoms. The SMILES string of the molecule is CNC(=O)ON=C(CSC)CC(C)(C)C. The molecule has 0 unspecified atom stereocenters. The number of nitrogens with one attached hydrogen (secondary N) is 1. The van der Waals surface area contributed by atoms with Gasteiger partial charge in [0.2, 0.25) is 0 Å². The number of thioether (sulfide) groups is 1. The van der Waals surface area contributed by atoms with Crippen molar-refractivity contribution in [3.63, 3.8) is 0 Å². The van der Waals surface area contributed by atoms with Crippen LogP contribution in [0.3, 0.4) is 0 Å². The van der Waals surface area contributed by atoms with Gasteiger partial charge in [0.05, 0.1) is 5.71 Å². The van der Waals surface area contributed by atoms with Crippen LogP contribution in [-0.4, -0.2) is 30.9 Å². The van der Waals surface area contributed by atoms with Crippen LogP contribution < -0.4 is 5.32 Å². The summed E-state index contributed by atoms with van der Waals surface area (Å²) in [6, 6.07) is 0. The minimum Gasteiger partial charge on any atom is -0.323 e. The van der Waals surface area contributed by atoms with Crippen LogP contribution in [0.25, 0.3) is 0 Å². The third-order valence-electron chi connectivity index (χ3n) is 1.51. The molecule has 0 radical (unpaired) electrons. The fourth-order valence-electron chi connectivity index (χ4n) is 1.04. The summed E-state index contributed by atoms with van der Waals surface area (Å²) < 4.78 is 0. The van der Waals surface area contributed by atoms with Crippen molar-refractivity contribution in [3.05, 3.63) is 0 Å². The molecule has 1 N–H and O–H groups in total. The largest absolute Gasteiger partial charge is 0.433 e. The van der Waals surface area contributed by atoms with E-state index in [9.17, 15) is 4.79 Å². The van der Waals surface area contributed by atoms with Gasteiger partial charge in [0.15, 0.2) is 0 Å². The van der Waals surface area contributed by atoms with Gasteiger partial charge in [-0.3, -0.25) is 4.84 Å². The van der Waals surface area contributed by atoms with Gasteiger partial charge in [0, 0.05) is 12.8 Å². The Morgan fingerprint density at radius 3 is 2.47 bits per heavy atom. The third kappa shape index (κ3) is 8.30. The number of amides is 1. The molecule has 0 atom stereocenters. The molecule has 0 spiro atoms. The fraction of sp³-hybridized carbons (Fsp3) is 0.800. The highest BCUT2D eigenvalue weighted by Gasteiger charge is 2.15. The molecule has 0 aliphatic carbocycles. The molecule has 4 nitrogen and oxygen atoms in total. The molecule has 0 aliphatic heterocycles. The van der Waals surface area contributed by atoms with E-state index in [2.05, 4.69) is 36.1 Å². The Kier molecular flexibility index (Phi) is 6.40. The second kappa shape index (κ2) is 6.71. The highest BCUT2D eigenvalue weighted by molar-refractivity contribution is 7.99. The summed E-state index contributed by atoms with van der Waals surface area (Å²) in [6.07, 6.45) is 2.30. The second-order valence-corrected chi connectivity index (χ2v) is 5.32. The molecule has 0 bridgehead atoms. The van der Waals surface area contributed by atoms with Gasteiger partial charge >= 0.3 is 6.09 Å². The van der Waals surface area contributed by atoms with Gasteiger partial charge < -0.3 is 5.32 Å². The van der Waals surface area contributed by atoms with Crippen LogP contribution in [0.15, 0.2) is 5.16 Å². The lowest BCUT2D eigenvalue weighted by Crippen LogP contribution is -2.20. The Balaban J connectivity index is 4.31. The first-order chi connectivity index (χ1) is 6.89. The molecular formula is C10H20N2O2S. The van der Waals surface area contributed by atoms with E-state index in [0.717, 1.165) is 17.9 Å². The van der Waals surface area contributed by atoms with Crippen molar-refractivity contribution >= 4 is 23.6 Å². The predicted molar refractivity (Wildman–Crippen MR) is 65.4 cm³/mol. The van der Waals surface area contributed by atoms with Crippen molar-refractivity contribution in [2.75, 3.05) is 19.1 Å². The summed E-state index contributed by atoms with van der Waals surface area (Å²) in [5, 5.41) is 6.20. The summed E-state index contributed by atoms with van der Waals surface area (Å²) in [6.45, 7) is 6.38. The molecule has 1 amide bonds. The minimum absolute atomic E-state index is 0.153. The van der Waals surface area contributed by atoms with E-state index in [1.165, 1.54) is 7.05 Å². The second-order valence-electron chi connectivity index (χ2n) is 4.46. The first kappa shape index (κ1) is 14.3. The van der Waals surface area contributed by atoms with E-state index in [1.807, 2.05) is 6.26 Å². The minimum atomic E-state index is -0.525. The van der Waals surface area contributed by atoms with Crippen LogP contribution in [0.2, 0.25) is 0 Å². The summed E-state index contributed by atoms with van der Waals surface area (Å²) in [5.41, 5.74) is 1.05. The van der Waals surface area contributed by atoms with Crippen molar-refractivity contribution in [2.45, 2.75) is 27.2 Å². The van der Waals surface area contributed by atoms with Gasteiger partial charge in [0.1, 0.15) is 0 Å². The lowest BCUT2D eigenvalue weighted by Gasteiger charge is -2.18. The van der Waals surface area contributed by atoms with Gasteiger partial charge in [-0.15, -0.1) is 0 Å². The molecule has 0 saturated heterocycles. The van der Waals surface area contributed by atoms with Crippen LogP contribution >= 0.6 is 11.8 Å². The van der Waals surface area contributed by atoms with E-state index in [0.29, 0.717) is 0 Å². The topological polar surface area (TPSA) is 50.7 Å². The molecule has 0 saturated carbocycles. The summed E-state index contributed by atoms with van der Waals surface area (Å²) in [7, 11) is 1.51. The molecule has 0 heterocycles. The summed E-state index contributed by atoms with van der Waals surface area (Å²) in [5.74, 6) is 0.786. The smallest absolute Gasteiger partial charge is 0.323 e. The zero-order valence-electron chi connectivity index (χ0n) is 10.1. The zero-order valence-corrected chi connectivity index (χ0v) is 10.9. The third-order valence-corrected chi connectivity index (χ3v) is 2.13. The Hall–Kier alpha value is -0.710. The number of hydrogen-bond acceptors (Lipinski definition) is 4. The molecule has 0 aliphatic rings. The maximum Gasteiger partial charge on any atom is 0.433 e. The van der Waals surface area contributed by atoms with Crippen molar-refractivity contribution < 1.29 is 9.63 Å². The van der Waals surface area contributed by atoms with Gasteiger partial charge in [-0.2, -0.15) is 11.8 Å². The number of carbonyl (C=O) groups excluding carboxylic acids is 1. The molecule has 5 heteroatoms. The molecule has 88 valence electrons. The standard InChI is InChI=1S/C10H20N2O2S/c1-10(2,3)6-8(7-15-5)12-14-9(13)11-4/h6-7H2,1-5H3,(H,11,13). The first-order valence-corrected chi connectivity index (χ1v) is 6.22. The first-order valence-electron chi connectivity index (χ1n) is 4.82. The van der Waals surface area contributed by atoms with E-state index in [-0.39, 0.29) is 5.41 Å². The highest BCUT2D eigenvalue weighted by atomic mass is 32.2. The number of carbonyl (C=O) groups is 1. The maximum absolute atomic E-state index is 10.8. The van der Waals surface area contributed by atoms with Crippen LogP contribution in [0, 0.1) is 5.41 Å². The Bertz CT molecular complexity index is 234. The van der Waals surface area contributed by atoms with Gasteiger partial charge in [-0.05, 0) is 18.1 Å². The Morgan fingerprint density at radius 1 is 1.47 bits per heavy atom.